The van der Waals surface area contributed by atoms with Gasteiger partial charge in [0.2, 0.25) is 5.91 Å². The summed E-state index contributed by atoms with van der Waals surface area (Å²) < 4.78 is 1.64. The average molecular weight is 294 g/mol. The Morgan fingerprint density at radius 3 is 2.80 bits per heavy atom. The number of aromatic nitrogens is 2. The third kappa shape index (κ3) is 3.83. The van der Waals surface area contributed by atoms with E-state index in [4.69, 9.17) is 16.7 Å². The van der Waals surface area contributed by atoms with Crippen molar-refractivity contribution in [3.05, 3.63) is 47.2 Å². The fourth-order valence-electron chi connectivity index (χ4n) is 1.66. The number of aromatic carboxylic acids is 1. The molecule has 20 heavy (non-hydrogen) atoms. The van der Waals surface area contributed by atoms with Gasteiger partial charge in [-0.25, -0.2) is 4.79 Å². The number of nitrogens with one attached hydrogen (secondary N) is 1. The number of carbonyl (C=O) groups excluding carboxylic acids is 1. The van der Waals surface area contributed by atoms with Crippen LogP contribution in [0.15, 0.2) is 36.7 Å². The van der Waals surface area contributed by atoms with E-state index < -0.39 is 5.97 Å². The minimum atomic E-state index is -1.10. The second-order valence-corrected chi connectivity index (χ2v) is 4.54. The maximum Gasteiger partial charge on any atom is 0.335 e. The largest absolute Gasteiger partial charge is 0.478 e. The molecule has 2 rings (SSSR count). The van der Waals surface area contributed by atoms with Crippen molar-refractivity contribution in [2.24, 2.45) is 0 Å². The van der Waals surface area contributed by atoms with Gasteiger partial charge in [-0.1, -0.05) is 11.6 Å². The highest BCUT2D eigenvalue weighted by Crippen LogP contribution is 2.19. The summed E-state index contributed by atoms with van der Waals surface area (Å²) in [7, 11) is 0. The van der Waals surface area contributed by atoms with E-state index in [9.17, 15) is 9.59 Å². The second kappa shape index (κ2) is 6.21. The van der Waals surface area contributed by atoms with Crippen LogP contribution >= 0.6 is 11.6 Å². The van der Waals surface area contributed by atoms with E-state index in [-0.39, 0.29) is 22.9 Å². The van der Waals surface area contributed by atoms with Crippen LogP contribution in [0.5, 0.6) is 0 Å². The van der Waals surface area contributed by atoms with Gasteiger partial charge in [0, 0.05) is 36.1 Å². The Morgan fingerprint density at radius 2 is 2.15 bits per heavy atom. The van der Waals surface area contributed by atoms with Crippen molar-refractivity contribution in [3.63, 3.8) is 0 Å². The van der Waals surface area contributed by atoms with Crippen molar-refractivity contribution < 1.29 is 14.7 Å². The van der Waals surface area contributed by atoms with Gasteiger partial charge >= 0.3 is 5.97 Å². The molecule has 0 spiro atoms. The number of aryl methyl sites for hydroxylation is 1. The standard InChI is InChI=1S/C13H12ClN3O3/c14-10-6-9(13(19)20)7-11(8-10)16-12(18)2-5-17-4-1-3-15-17/h1,3-4,6-8H,2,5H2,(H,16,18)(H,19,20). The van der Waals surface area contributed by atoms with Crippen molar-refractivity contribution in [3.8, 4) is 0 Å². The number of halogens is 1. The number of hydrogen-bond donors (Lipinski definition) is 2. The van der Waals surface area contributed by atoms with Crippen LogP contribution in [-0.2, 0) is 11.3 Å². The molecule has 0 atom stereocenters. The summed E-state index contributed by atoms with van der Waals surface area (Å²) in [6.07, 6.45) is 3.62. The first-order valence-electron chi connectivity index (χ1n) is 5.86. The van der Waals surface area contributed by atoms with Crippen LogP contribution in [0.2, 0.25) is 5.02 Å². The van der Waals surface area contributed by atoms with Crippen LogP contribution in [0, 0.1) is 0 Å². The van der Waals surface area contributed by atoms with E-state index in [1.807, 2.05) is 0 Å². The molecule has 0 aliphatic heterocycles. The van der Waals surface area contributed by atoms with E-state index in [0.717, 1.165) is 0 Å². The molecule has 6 nitrogen and oxygen atoms in total. The predicted molar refractivity (Wildman–Crippen MR) is 73.9 cm³/mol. The Bertz CT molecular complexity index is 626. The van der Waals surface area contributed by atoms with E-state index in [1.54, 1.807) is 23.1 Å². The summed E-state index contributed by atoms with van der Waals surface area (Å²) in [5, 5.41) is 15.8. The summed E-state index contributed by atoms with van der Waals surface area (Å²) in [5.74, 6) is -1.33. The van der Waals surface area contributed by atoms with Gasteiger partial charge < -0.3 is 10.4 Å². The third-order valence-electron chi connectivity index (χ3n) is 2.56. The Morgan fingerprint density at radius 1 is 1.35 bits per heavy atom. The number of carboxylic acids is 1. The Hall–Kier alpha value is -2.34. The summed E-state index contributed by atoms with van der Waals surface area (Å²) in [6, 6.07) is 5.96. The Balaban J connectivity index is 1.98. The highest BCUT2D eigenvalue weighted by atomic mass is 35.5. The number of carbonyl (C=O) groups is 2. The molecule has 2 N–H and O–H groups in total. The molecular weight excluding hydrogens is 282 g/mol. The zero-order chi connectivity index (χ0) is 14.5. The monoisotopic (exact) mass is 293 g/mol. The predicted octanol–water partition coefficient (Wildman–Crippen LogP) is 2.26. The number of rotatable bonds is 5. The fourth-order valence-corrected chi connectivity index (χ4v) is 1.89. The van der Waals surface area contributed by atoms with Gasteiger partial charge in [-0.05, 0) is 24.3 Å². The maximum absolute atomic E-state index is 11.8. The normalized spacial score (nSPS) is 10.2. The lowest BCUT2D eigenvalue weighted by Crippen LogP contribution is -2.15. The second-order valence-electron chi connectivity index (χ2n) is 4.10. The van der Waals surface area contributed by atoms with E-state index >= 15 is 0 Å². The Kier molecular flexibility index (Phi) is 4.37. The molecule has 1 heterocycles. The van der Waals surface area contributed by atoms with Gasteiger partial charge in [0.25, 0.3) is 0 Å². The van der Waals surface area contributed by atoms with Crippen molar-refractivity contribution >= 4 is 29.2 Å². The first-order chi connectivity index (χ1) is 9.54. The van der Waals surface area contributed by atoms with E-state index in [0.29, 0.717) is 12.2 Å². The summed E-state index contributed by atoms with van der Waals surface area (Å²) in [5.41, 5.74) is 0.389. The topological polar surface area (TPSA) is 84.2 Å². The van der Waals surface area contributed by atoms with Crippen molar-refractivity contribution in [1.82, 2.24) is 9.78 Å². The number of carboxylic acid groups (broad SMARTS) is 1. The first-order valence-corrected chi connectivity index (χ1v) is 6.23. The van der Waals surface area contributed by atoms with E-state index in [1.165, 1.54) is 18.2 Å². The lowest BCUT2D eigenvalue weighted by atomic mass is 10.2. The van der Waals surface area contributed by atoms with Gasteiger partial charge in [0.1, 0.15) is 0 Å². The zero-order valence-electron chi connectivity index (χ0n) is 10.4. The smallest absolute Gasteiger partial charge is 0.335 e. The van der Waals surface area contributed by atoms with Crippen LogP contribution in [0.4, 0.5) is 5.69 Å². The van der Waals surface area contributed by atoms with Crippen LogP contribution in [0.25, 0.3) is 0 Å². The van der Waals surface area contributed by atoms with Crippen LogP contribution < -0.4 is 5.32 Å². The number of amides is 1. The van der Waals surface area contributed by atoms with Gasteiger partial charge in [-0.15, -0.1) is 0 Å². The summed E-state index contributed by atoms with van der Waals surface area (Å²) in [4.78, 5) is 22.6. The fraction of sp³-hybridized carbons (Fsp3) is 0.154. The summed E-state index contributed by atoms with van der Waals surface area (Å²) in [6.45, 7) is 0.450. The molecule has 0 bridgehead atoms. The lowest BCUT2D eigenvalue weighted by molar-refractivity contribution is -0.116. The lowest BCUT2D eigenvalue weighted by Gasteiger charge is -2.07. The number of nitrogens with zero attached hydrogens (tertiary/aromatic N) is 2. The van der Waals surface area contributed by atoms with Gasteiger partial charge in [0.15, 0.2) is 0 Å². The Labute approximate surface area is 120 Å². The molecule has 2 aromatic rings. The molecule has 0 saturated carbocycles. The SMILES string of the molecule is O=C(CCn1cccn1)Nc1cc(Cl)cc(C(=O)O)c1. The van der Waals surface area contributed by atoms with Gasteiger partial charge in [-0.2, -0.15) is 5.10 Å². The molecule has 1 aromatic carbocycles. The van der Waals surface area contributed by atoms with Crippen LogP contribution in [-0.4, -0.2) is 26.8 Å². The summed E-state index contributed by atoms with van der Waals surface area (Å²) >= 11 is 5.81. The molecule has 0 unspecified atom stereocenters. The number of hydrogen-bond acceptors (Lipinski definition) is 3. The van der Waals surface area contributed by atoms with Crippen LogP contribution in [0.1, 0.15) is 16.8 Å². The highest BCUT2D eigenvalue weighted by molar-refractivity contribution is 6.31. The number of benzene rings is 1. The molecule has 0 aliphatic carbocycles. The molecule has 1 amide bonds. The van der Waals surface area contributed by atoms with Gasteiger partial charge in [-0.3, -0.25) is 9.48 Å². The minimum absolute atomic E-state index is 0.0277. The molecule has 104 valence electrons. The molecular formula is C13H12ClN3O3. The molecule has 7 heteroatoms. The quantitative estimate of drug-likeness (QED) is 0.885. The van der Waals surface area contributed by atoms with Crippen molar-refractivity contribution in [1.29, 1.82) is 0 Å². The molecule has 0 fully saturated rings. The number of anilines is 1. The van der Waals surface area contributed by atoms with Gasteiger partial charge in [0.05, 0.1) is 5.56 Å². The average Bonchev–Trinajstić information content (AvgIpc) is 2.88. The van der Waals surface area contributed by atoms with E-state index in [2.05, 4.69) is 10.4 Å². The first kappa shape index (κ1) is 14.1. The molecule has 0 saturated heterocycles. The molecule has 1 aromatic heterocycles. The van der Waals surface area contributed by atoms with Crippen LogP contribution in [0.3, 0.4) is 0 Å². The molecule has 0 radical (unpaired) electrons. The zero-order valence-corrected chi connectivity index (χ0v) is 11.2. The highest BCUT2D eigenvalue weighted by Gasteiger charge is 2.09. The molecule has 0 aliphatic rings. The minimum Gasteiger partial charge on any atom is -0.478 e. The van der Waals surface area contributed by atoms with Crippen molar-refractivity contribution in [2.45, 2.75) is 13.0 Å². The maximum atomic E-state index is 11.8. The van der Waals surface area contributed by atoms with Crippen molar-refractivity contribution in [2.75, 3.05) is 5.32 Å². The third-order valence-corrected chi connectivity index (χ3v) is 2.77.